The van der Waals surface area contributed by atoms with Crippen molar-refractivity contribution < 1.29 is 4.79 Å². The summed E-state index contributed by atoms with van der Waals surface area (Å²) in [7, 11) is 2.20. The molecule has 3 N–H and O–H groups in total. The molecule has 0 spiro atoms. The third kappa shape index (κ3) is 2.48. The Labute approximate surface area is 150 Å². The van der Waals surface area contributed by atoms with Gasteiger partial charge in [-0.1, -0.05) is 6.07 Å². The highest BCUT2D eigenvalue weighted by Crippen LogP contribution is 2.34. The number of piperidine rings is 1. The van der Waals surface area contributed by atoms with Gasteiger partial charge in [0, 0.05) is 29.1 Å². The summed E-state index contributed by atoms with van der Waals surface area (Å²) < 4.78 is 0. The van der Waals surface area contributed by atoms with Crippen LogP contribution in [0.25, 0.3) is 22.2 Å². The highest BCUT2D eigenvalue weighted by molar-refractivity contribution is 6.05. The molecule has 3 aromatic rings. The van der Waals surface area contributed by atoms with Crippen molar-refractivity contribution >= 4 is 16.8 Å². The molecule has 2 atom stereocenters. The zero-order valence-corrected chi connectivity index (χ0v) is 14.6. The van der Waals surface area contributed by atoms with E-state index >= 15 is 0 Å². The summed E-state index contributed by atoms with van der Waals surface area (Å²) in [4.78, 5) is 15.3. The van der Waals surface area contributed by atoms with E-state index in [0.29, 0.717) is 17.8 Å². The number of carbonyl (C=O) groups excluding carboxylic acids is 1. The Morgan fingerprint density at radius 2 is 2.04 bits per heavy atom. The van der Waals surface area contributed by atoms with Crippen molar-refractivity contribution in [1.82, 2.24) is 35.8 Å². The SMILES string of the molecule is CN1C2CCC1CC(NC(=O)c1n[nH]c3cc(-c4cn[nH]n4)ccc13)C2. The van der Waals surface area contributed by atoms with Crippen LogP contribution in [0, 0.1) is 0 Å². The normalized spacial score (nSPS) is 25.7. The Morgan fingerprint density at radius 3 is 2.77 bits per heavy atom. The fourth-order valence-electron chi connectivity index (χ4n) is 4.48. The number of amides is 1. The lowest BCUT2D eigenvalue weighted by molar-refractivity contribution is 0.0879. The summed E-state index contributed by atoms with van der Waals surface area (Å²) in [5, 5.41) is 21.8. The summed E-state index contributed by atoms with van der Waals surface area (Å²) in [6, 6.07) is 7.21. The van der Waals surface area contributed by atoms with Crippen LogP contribution in [0.3, 0.4) is 0 Å². The molecule has 4 heterocycles. The van der Waals surface area contributed by atoms with E-state index in [9.17, 15) is 4.79 Å². The summed E-state index contributed by atoms with van der Waals surface area (Å²) in [5.41, 5.74) is 2.96. The number of nitrogens with zero attached hydrogens (tertiary/aromatic N) is 4. The van der Waals surface area contributed by atoms with Crippen LogP contribution in [-0.4, -0.2) is 61.6 Å². The number of hydrogen-bond donors (Lipinski definition) is 3. The summed E-state index contributed by atoms with van der Waals surface area (Å²) in [6.07, 6.45) is 6.20. The van der Waals surface area contributed by atoms with E-state index in [1.54, 1.807) is 6.20 Å². The van der Waals surface area contributed by atoms with Crippen molar-refractivity contribution in [2.75, 3.05) is 7.05 Å². The molecule has 2 aliphatic heterocycles. The maximum absolute atomic E-state index is 12.8. The van der Waals surface area contributed by atoms with Crippen molar-refractivity contribution in [3.05, 3.63) is 30.1 Å². The first-order valence-corrected chi connectivity index (χ1v) is 9.06. The van der Waals surface area contributed by atoms with Gasteiger partial charge in [-0.25, -0.2) is 0 Å². The van der Waals surface area contributed by atoms with E-state index in [1.807, 2.05) is 18.2 Å². The minimum atomic E-state index is -0.0978. The van der Waals surface area contributed by atoms with Crippen molar-refractivity contribution in [3.63, 3.8) is 0 Å². The number of hydrogen-bond acceptors (Lipinski definition) is 5. The molecule has 2 unspecified atom stereocenters. The topological polar surface area (TPSA) is 103 Å². The van der Waals surface area contributed by atoms with Crippen LogP contribution in [0.2, 0.25) is 0 Å². The molecule has 2 bridgehead atoms. The highest BCUT2D eigenvalue weighted by atomic mass is 16.2. The minimum absolute atomic E-state index is 0.0978. The number of aromatic nitrogens is 5. The second-order valence-electron chi connectivity index (χ2n) is 7.38. The zero-order valence-electron chi connectivity index (χ0n) is 14.6. The fourth-order valence-corrected chi connectivity index (χ4v) is 4.48. The molecule has 1 aromatic carbocycles. The van der Waals surface area contributed by atoms with Gasteiger partial charge in [-0.3, -0.25) is 9.89 Å². The van der Waals surface area contributed by atoms with Gasteiger partial charge in [-0.05, 0) is 44.9 Å². The van der Waals surface area contributed by atoms with Gasteiger partial charge >= 0.3 is 0 Å². The second kappa shape index (κ2) is 5.91. The predicted octanol–water partition coefficient (Wildman–Crippen LogP) is 1.70. The quantitative estimate of drug-likeness (QED) is 0.666. The first kappa shape index (κ1) is 15.5. The van der Waals surface area contributed by atoms with E-state index < -0.39 is 0 Å². The monoisotopic (exact) mass is 351 g/mol. The van der Waals surface area contributed by atoms with Gasteiger partial charge in [-0.2, -0.15) is 20.5 Å². The predicted molar refractivity (Wildman–Crippen MR) is 96.5 cm³/mol. The molecule has 26 heavy (non-hydrogen) atoms. The van der Waals surface area contributed by atoms with Crippen molar-refractivity contribution in [3.8, 4) is 11.3 Å². The number of aromatic amines is 2. The van der Waals surface area contributed by atoms with Crippen LogP contribution in [0.5, 0.6) is 0 Å². The number of H-pyrrole nitrogens is 2. The molecule has 0 saturated carbocycles. The first-order valence-electron chi connectivity index (χ1n) is 9.06. The van der Waals surface area contributed by atoms with Crippen LogP contribution in [0.15, 0.2) is 24.4 Å². The maximum Gasteiger partial charge on any atom is 0.272 e. The van der Waals surface area contributed by atoms with E-state index in [0.717, 1.165) is 35.0 Å². The third-order valence-electron chi connectivity index (χ3n) is 5.92. The van der Waals surface area contributed by atoms with E-state index in [4.69, 9.17) is 0 Å². The van der Waals surface area contributed by atoms with Crippen molar-refractivity contribution in [1.29, 1.82) is 0 Å². The van der Waals surface area contributed by atoms with Crippen LogP contribution in [0.1, 0.15) is 36.2 Å². The number of nitrogens with one attached hydrogen (secondary N) is 3. The molecule has 2 aromatic heterocycles. The van der Waals surface area contributed by atoms with Gasteiger partial charge in [0.05, 0.1) is 11.7 Å². The molecular formula is C18H21N7O. The lowest BCUT2D eigenvalue weighted by atomic mass is 9.98. The molecule has 134 valence electrons. The summed E-state index contributed by atoms with van der Waals surface area (Å²) in [5.74, 6) is -0.0978. The lowest BCUT2D eigenvalue weighted by Gasteiger charge is -2.36. The second-order valence-corrected chi connectivity index (χ2v) is 7.38. The third-order valence-corrected chi connectivity index (χ3v) is 5.92. The minimum Gasteiger partial charge on any atom is -0.348 e. The molecule has 2 fully saturated rings. The highest BCUT2D eigenvalue weighted by Gasteiger charge is 2.39. The molecular weight excluding hydrogens is 330 g/mol. The zero-order chi connectivity index (χ0) is 17.7. The number of fused-ring (bicyclic) bond motifs is 3. The van der Waals surface area contributed by atoms with Gasteiger partial charge in [0.15, 0.2) is 5.69 Å². The smallest absolute Gasteiger partial charge is 0.272 e. The van der Waals surface area contributed by atoms with E-state index in [2.05, 4.69) is 42.9 Å². The Kier molecular flexibility index (Phi) is 3.53. The van der Waals surface area contributed by atoms with Crippen LogP contribution in [0.4, 0.5) is 0 Å². The van der Waals surface area contributed by atoms with Crippen LogP contribution in [-0.2, 0) is 0 Å². The van der Waals surface area contributed by atoms with Crippen LogP contribution < -0.4 is 5.32 Å². The van der Waals surface area contributed by atoms with Gasteiger partial charge < -0.3 is 10.2 Å². The van der Waals surface area contributed by atoms with Gasteiger partial charge in [0.25, 0.3) is 5.91 Å². The van der Waals surface area contributed by atoms with Gasteiger partial charge in [0.2, 0.25) is 0 Å². The molecule has 0 aliphatic carbocycles. The van der Waals surface area contributed by atoms with Crippen molar-refractivity contribution in [2.45, 2.75) is 43.8 Å². The Hall–Kier alpha value is -2.74. The number of rotatable bonds is 3. The maximum atomic E-state index is 12.8. The van der Waals surface area contributed by atoms with Gasteiger partial charge in [-0.15, -0.1) is 0 Å². The average molecular weight is 351 g/mol. The summed E-state index contributed by atoms with van der Waals surface area (Å²) in [6.45, 7) is 0. The van der Waals surface area contributed by atoms with Crippen LogP contribution >= 0.6 is 0 Å². The molecule has 2 aliphatic rings. The standard InChI is InChI=1S/C18H21N7O/c1-25-12-3-4-13(25)8-11(7-12)20-18(26)17-14-5-2-10(6-15(14)21-23-17)16-9-19-24-22-16/h2,5-6,9,11-13H,3-4,7-8H2,1H3,(H,20,26)(H,21,23)(H,19,22,24). The summed E-state index contributed by atoms with van der Waals surface area (Å²) >= 11 is 0. The van der Waals surface area contributed by atoms with Crippen molar-refractivity contribution in [2.24, 2.45) is 0 Å². The fraction of sp³-hybridized carbons (Fsp3) is 0.444. The Morgan fingerprint density at radius 1 is 1.23 bits per heavy atom. The molecule has 5 rings (SSSR count). The average Bonchev–Trinajstić information content (AvgIpc) is 3.34. The molecule has 8 heteroatoms. The molecule has 2 saturated heterocycles. The molecule has 0 radical (unpaired) electrons. The Balaban J connectivity index is 1.36. The largest absolute Gasteiger partial charge is 0.348 e. The lowest BCUT2D eigenvalue weighted by Crippen LogP contribution is -2.48. The Bertz CT molecular complexity index is 934. The van der Waals surface area contributed by atoms with E-state index in [1.165, 1.54) is 12.8 Å². The molecule has 1 amide bonds. The van der Waals surface area contributed by atoms with E-state index in [-0.39, 0.29) is 11.9 Å². The first-order chi connectivity index (χ1) is 12.7. The van der Waals surface area contributed by atoms with Gasteiger partial charge in [0.1, 0.15) is 5.69 Å². The molecule has 8 nitrogen and oxygen atoms in total. The number of benzene rings is 1. The number of carbonyl (C=O) groups is 1.